The SMILES string of the molecule is N#C/C(=C\Nc1cccc(Cl)c1)C(=O)NC(=O)c1ccccc1. The first-order valence-electron chi connectivity index (χ1n) is 6.63. The molecule has 6 heteroatoms. The fourth-order valence-electron chi connectivity index (χ4n) is 1.71. The molecular formula is C17H12ClN3O2. The average Bonchev–Trinajstić information content (AvgIpc) is 2.56. The van der Waals surface area contributed by atoms with Gasteiger partial charge in [0.2, 0.25) is 0 Å². The van der Waals surface area contributed by atoms with Gasteiger partial charge >= 0.3 is 0 Å². The normalized spacial score (nSPS) is 10.5. The number of hydrogen-bond donors (Lipinski definition) is 2. The van der Waals surface area contributed by atoms with Crippen LogP contribution in [0.15, 0.2) is 66.4 Å². The summed E-state index contributed by atoms with van der Waals surface area (Å²) in [6.07, 6.45) is 1.22. The van der Waals surface area contributed by atoms with Crippen LogP contribution in [0.3, 0.4) is 0 Å². The van der Waals surface area contributed by atoms with Crippen LogP contribution < -0.4 is 10.6 Å². The summed E-state index contributed by atoms with van der Waals surface area (Å²) in [7, 11) is 0. The minimum absolute atomic E-state index is 0.228. The van der Waals surface area contributed by atoms with Crippen molar-refractivity contribution in [2.24, 2.45) is 0 Å². The highest BCUT2D eigenvalue weighted by Crippen LogP contribution is 2.15. The van der Waals surface area contributed by atoms with E-state index in [1.807, 2.05) is 0 Å². The van der Waals surface area contributed by atoms with E-state index in [-0.39, 0.29) is 5.57 Å². The number of nitrogens with zero attached hydrogens (tertiary/aromatic N) is 1. The maximum atomic E-state index is 12.0. The van der Waals surface area contributed by atoms with Crippen LogP contribution in [0.5, 0.6) is 0 Å². The van der Waals surface area contributed by atoms with E-state index in [1.54, 1.807) is 60.7 Å². The Hall–Kier alpha value is -3.10. The molecule has 5 nitrogen and oxygen atoms in total. The molecular weight excluding hydrogens is 314 g/mol. The maximum absolute atomic E-state index is 12.0. The van der Waals surface area contributed by atoms with Gasteiger partial charge in [-0.05, 0) is 30.3 Å². The van der Waals surface area contributed by atoms with E-state index in [0.717, 1.165) is 0 Å². The van der Waals surface area contributed by atoms with Crippen molar-refractivity contribution < 1.29 is 9.59 Å². The molecule has 0 heterocycles. The molecule has 2 aromatic rings. The van der Waals surface area contributed by atoms with E-state index in [9.17, 15) is 9.59 Å². The number of anilines is 1. The number of nitrogens with one attached hydrogen (secondary N) is 2. The van der Waals surface area contributed by atoms with Crippen molar-refractivity contribution in [2.45, 2.75) is 0 Å². The highest BCUT2D eigenvalue weighted by atomic mass is 35.5. The van der Waals surface area contributed by atoms with E-state index in [4.69, 9.17) is 16.9 Å². The Bertz CT molecular complexity index is 795. The summed E-state index contributed by atoms with van der Waals surface area (Å²) in [4.78, 5) is 23.8. The number of amides is 2. The van der Waals surface area contributed by atoms with Crippen molar-refractivity contribution in [3.8, 4) is 6.07 Å². The molecule has 23 heavy (non-hydrogen) atoms. The van der Waals surface area contributed by atoms with Gasteiger partial charge in [-0.1, -0.05) is 35.9 Å². The molecule has 0 atom stereocenters. The van der Waals surface area contributed by atoms with Gasteiger partial charge in [-0.15, -0.1) is 0 Å². The van der Waals surface area contributed by atoms with Gasteiger partial charge in [0.05, 0.1) is 0 Å². The zero-order valence-corrected chi connectivity index (χ0v) is 12.7. The summed E-state index contributed by atoms with van der Waals surface area (Å²) in [6.45, 7) is 0. The number of carbonyl (C=O) groups is 2. The molecule has 2 N–H and O–H groups in total. The van der Waals surface area contributed by atoms with Gasteiger partial charge in [0.1, 0.15) is 11.6 Å². The first-order valence-corrected chi connectivity index (χ1v) is 7.01. The minimum atomic E-state index is -0.782. The van der Waals surface area contributed by atoms with Crippen LogP contribution in [-0.4, -0.2) is 11.8 Å². The summed E-state index contributed by atoms with van der Waals surface area (Å²) in [6, 6.07) is 16.8. The lowest BCUT2D eigenvalue weighted by Gasteiger charge is -2.04. The first kappa shape index (κ1) is 16.3. The average molecular weight is 326 g/mol. The second kappa shape index (κ2) is 7.78. The van der Waals surface area contributed by atoms with Crippen molar-refractivity contribution in [1.29, 1.82) is 5.26 Å². The van der Waals surface area contributed by atoms with Crippen LogP contribution in [0.2, 0.25) is 5.02 Å². The van der Waals surface area contributed by atoms with Crippen LogP contribution in [0.4, 0.5) is 5.69 Å². The lowest BCUT2D eigenvalue weighted by Crippen LogP contribution is -2.31. The molecule has 2 aromatic carbocycles. The number of carbonyl (C=O) groups excluding carboxylic acids is 2. The van der Waals surface area contributed by atoms with E-state index in [1.165, 1.54) is 6.20 Å². The maximum Gasteiger partial charge on any atom is 0.270 e. The molecule has 0 saturated carbocycles. The molecule has 0 spiro atoms. The third kappa shape index (κ3) is 4.70. The molecule has 0 radical (unpaired) electrons. The van der Waals surface area contributed by atoms with Gasteiger partial charge in [-0.25, -0.2) is 0 Å². The first-order chi connectivity index (χ1) is 11.1. The predicted molar refractivity (Wildman–Crippen MR) is 87.7 cm³/mol. The summed E-state index contributed by atoms with van der Waals surface area (Å²) in [5.41, 5.74) is 0.725. The van der Waals surface area contributed by atoms with Gasteiger partial charge in [-0.2, -0.15) is 5.26 Å². The number of rotatable bonds is 4. The predicted octanol–water partition coefficient (Wildman–Crippen LogP) is 3.12. The lowest BCUT2D eigenvalue weighted by molar-refractivity contribution is -0.116. The van der Waals surface area contributed by atoms with Crippen LogP contribution in [0.25, 0.3) is 0 Å². The van der Waals surface area contributed by atoms with Gasteiger partial charge in [0.15, 0.2) is 0 Å². The van der Waals surface area contributed by atoms with E-state index < -0.39 is 11.8 Å². The quantitative estimate of drug-likeness (QED) is 0.668. The van der Waals surface area contributed by atoms with E-state index in [0.29, 0.717) is 16.3 Å². The summed E-state index contributed by atoms with van der Waals surface area (Å²) >= 11 is 5.84. The molecule has 0 aliphatic rings. The van der Waals surface area contributed by atoms with Gasteiger partial charge in [-0.3, -0.25) is 14.9 Å². The Morgan fingerprint density at radius 2 is 1.83 bits per heavy atom. The molecule has 0 aliphatic carbocycles. The Morgan fingerprint density at radius 3 is 2.48 bits per heavy atom. The van der Waals surface area contributed by atoms with Gasteiger partial charge in [0, 0.05) is 22.5 Å². The van der Waals surface area contributed by atoms with Crippen LogP contribution >= 0.6 is 11.6 Å². The number of halogens is 1. The summed E-state index contributed by atoms with van der Waals surface area (Å²) < 4.78 is 0. The molecule has 0 fully saturated rings. The Morgan fingerprint density at radius 1 is 1.09 bits per heavy atom. The van der Waals surface area contributed by atoms with Crippen LogP contribution in [0.1, 0.15) is 10.4 Å². The molecule has 114 valence electrons. The molecule has 0 saturated heterocycles. The topological polar surface area (TPSA) is 82.0 Å². The van der Waals surface area contributed by atoms with Gasteiger partial charge < -0.3 is 5.32 Å². The fraction of sp³-hybridized carbons (Fsp3) is 0. The Kier molecular flexibility index (Phi) is 5.50. The Labute approximate surface area is 138 Å². The highest BCUT2D eigenvalue weighted by molar-refractivity contribution is 6.30. The lowest BCUT2D eigenvalue weighted by atomic mass is 10.2. The number of imide groups is 1. The molecule has 2 rings (SSSR count). The van der Waals surface area contributed by atoms with Crippen molar-refractivity contribution in [2.75, 3.05) is 5.32 Å². The second-order valence-electron chi connectivity index (χ2n) is 4.47. The monoisotopic (exact) mass is 325 g/mol. The molecule has 0 aliphatic heterocycles. The largest absolute Gasteiger partial charge is 0.360 e. The minimum Gasteiger partial charge on any atom is -0.360 e. The van der Waals surface area contributed by atoms with Crippen LogP contribution in [-0.2, 0) is 4.79 Å². The van der Waals surface area contributed by atoms with Crippen molar-refractivity contribution in [3.05, 3.63) is 77.0 Å². The fourth-order valence-corrected chi connectivity index (χ4v) is 1.90. The van der Waals surface area contributed by atoms with Crippen molar-refractivity contribution in [3.63, 3.8) is 0 Å². The van der Waals surface area contributed by atoms with E-state index >= 15 is 0 Å². The third-order valence-corrected chi connectivity index (χ3v) is 3.07. The standard InChI is InChI=1S/C17H12ClN3O2/c18-14-7-4-8-15(9-14)20-11-13(10-19)17(23)21-16(22)12-5-2-1-3-6-12/h1-9,11,20H,(H,21,22,23)/b13-11+. The number of hydrogen-bond acceptors (Lipinski definition) is 4. The van der Waals surface area contributed by atoms with Gasteiger partial charge in [0.25, 0.3) is 11.8 Å². The van der Waals surface area contributed by atoms with E-state index in [2.05, 4.69) is 10.6 Å². The smallest absolute Gasteiger partial charge is 0.270 e. The summed E-state index contributed by atoms with van der Waals surface area (Å²) in [5.74, 6) is -1.35. The number of benzene rings is 2. The summed E-state index contributed by atoms with van der Waals surface area (Å²) in [5, 5.41) is 14.5. The molecule has 0 unspecified atom stereocenters. The second-order valence-corrected chi connectivity index (χ2v) is 4.91. The van der Waals surface area contributed by atoms with Crippen molar-refractivity contribution >= 4 is 29.1 Å². The molecule has 2 amide bonds. The third-order valence-electron chi connectivity index (χ3n) is 2.84. The zero-order valence-electron chi connectivity index (χ0n) is 11.9. The van der Waals surface area contributed by atoms with Crippen molar-refractivity contribution in [1.82, 2.24) is 5.32 Å². The Balaban J connectivity index is 2.05. The molecule has 0 aromatic heterocycles. The number of nitriles is 1. The zero-order chi connectivity index (χ0) is 16.7. The van der Waals surface area contributed by atoms with Crippen LogP contribution in [0, 0.1) is 11.3 Å². The molecule has 0 bridgehead atoms. The highest BCUT2D eigenvalue weighted by Gasteiger charge is 2.14.